The Labute approximate surface area is 125 Å². The van der Waals surface area contributed by atoms with E-state index in [9.17, 15) is 4.79 Å². The molecule has 20 heavy (non-hydrogen) atoms. The van der Waals surface area contributed by atoms with Crippen molar-refractivity contribution in [2.45, 2.75) is 103 Å². The van der Waals surface area contributed by atoms with Crippen molar-refractivity contribution < 1.29 is 9.53 Å². The summed E-state index contributed by atoms with van der Waals surface area (Å²) in [5, 5.41) is 0. The van der Waals surface area contributed by atoms with Gasteiger partial charge in [0, 0.05) is 0 Å². The molecule has 3 nitrogen and oxygen atoms in total. The van der Waals surface area contributed by atoms with Crippen LogP contribution in [-0.4, -0.2) is 12.7 Å². The van der Waals surface area contributed by atoms with Crippen LogP contribution < -0.4 is 5.73 Å². The van der Waals surface area contributed by atoms with Crippen molar-refractivity contribution in [1.82, 2.24) is 0 Å². The molecule has 0 heterocycles. The summed E-state index contributed by atoms with van der Waals surface area (Å²) in [6, 6.07) is 0. The molecular formula is C17H35NO2. The highest BCUT2D eigenvalue weighted by molar-refractivity contribution is 5.37. The molecule has 2 N–H and O–H groups in total. The molecule has 0 aromatic heterocycles. The van der Waals surface area contributed by atoms with Crippen LogP contribution in [0.4, 0.5) is 0 Å². The molecule has 0 amide bonds. The van der Waals surface area contributed by atoms with E-state index < -0.39 is 6.23 Å². The number of carbonyl (C=O) groups excluding carboxylic acids is 1. The third kappa shape index (κ3) is 15.5. The van der Waals surface area contributed by atoms with Gasteiger partial charge in [0.05, 0.1) is 0 Å². The fourth-order valence-electron chi connectivity index (χ4n) is 2.50. The van der Waals surface area contributed by atoms with E-state index in [4.69, 9.17) is 5.73 Å². The lowest BCUT2D eigenvalue weighted by Gasteiger charge is -2.08. The van der Waals surface area contributed by atoms with Crippen molar-refractivity contribution in [2.75, 3.05) is 0 Å². The standard InChI is InChI=1S/C17H35NO2/c1-2-3-4-5-6-7-8-9-10-11-12-13-14-15-17(18)20-16-19/h16-17H,2-15,18H2,1H3. The van der Waals surface area contributed by atoms with Crippen molar-refractivity contribution in [3.8, 4) is 0 Å². The topological polar surface area (TPSA) is 52.3 Å². The molecule has 0 aromatic carbocycles. The van der Waals surface area contributed by atoms with E-state index in [1.165, 1.54) is 77.0 Å². The van der Waals surface area contributed by atoms with Crippen molar-refractivity contribution in [3.05, 3.63) is 0 Å². The van der Waals surface area contributed by atoms with E-state index in [1.807, 2.05) is 0 Å². The summed E-state index contributed by atoms with van der Waals surface area (Å²) in [6.45, 7) is 2.70. The molecule has 1 atom stereocenters. The van der Waals surface area contributed by atoms with E-state index in [2.05, 4.69) is 11.7 Å². The van der Waals surface area contributed by atoms with E-state index in [0.29, 0.717) is 6.47 Å². The summed E-state index contributed by atoms with van der Waals surface area (Å²) in [7, 11) is 0. The Morgan fingerprint density at radius 3 is 1.60 bits per heavy atom. The minimum absolute atomic E-state index is 0.403. The van der Waals surface area contributed by atoms with Gasteiger partial charge in [-0.1, -0.05) is 84.0 Å². The quantitative estimate of drug-likeness (QED) is 0.249. The molecule has 120 valence electrons. The van der Waals surface area contributed by atoms with Crippen molar-refractivity contribution in [1.29, 1.82) is 0 Å². The average Bonchev–Trinajstić information content (AvgIpc) is 2.44. The maximum Gasteiger partial charge on any atom is 0.294 e. The Morgan fingerprint density at radius 2 is 1.20 bits per heavy atom. The number of ether oxygens (including phenoxy) is 1. The molecule has 1 unspecified atom stereocenters. The number of hydrogen-bond donors (Lipinski definition) is 1. The summed E-state index contributed by atoms with van der Waals surface area (Å²) in [5.74, 6) is 0. The second-order valence-electron chi connectivity index (χ2n) is 5.80. The second-order valence-corrected chi connectivity index (χ2v) is 5.80. The number of carbonyl (C=O) groups is 1. The van der Waals surface area contributed by atoms with Crippen LogP contribution in [0.15, 0.2) is 0 Å². The van der Waals surface area contributed by atoms with Gasteiger partial charge in [-0.2, -0.15) is 0 Å². The lowest BCUT2D eigenvalue weighted by atomic mass is 10.0. The third-order valence-corrected chi connectivity index (χ3v) is 3.82. The lowest BCUT2D eigenvalue weighted by molar-refractivity contribution is -0.133. The highest BCUT2D eigenvalue weighted by atomic mass is 16.5. The van der Waals surface area contributed by atoms with Crippen LogP contribution >= 0.6 is 0 Å². The molecule has 0 aliphatic heterocycles. The Balaban J connectivity index is 3.01. The second kappa shape index (κ2) is 16.5. The van der Waals surface area contributed by atoms with Crippen LogP contribution in [0.2, 0.25) is 0 Å². The summed E-state index contributed by atoms with van der Waals surface area (Å²) in [4.78, 5) is 10.0. The smallest absolute Gasteiger partial charge is 0.294 e. The van der Waals surface area contributed by atoms with Gasteiger partial charge in [-0.05, 0) is 12.8 Å². The van der Waals surface area contributed by atoms with E-state index in [1.54, 1.807) is 0 Å². The van der Waals surface area contributed by atoms with Gasteiger partial charge >= 0.3 is 0 Å². The lowest BCUT2D eigenvalue weighted by Crippen LogP contribution is -2.22. The van der Waals surface area contributed by atoms with Gasteiger partial charge in [0.25, 0.3) is 6.47 Å². The first-order valence-corrected chi connectivity index (χ1v) is 8.66. The first-order valence-electron chi connectivity index (χ1n) is 8.66. The Bertz CT molecular complexity index is 197. The van der Waals surface area contributed by atoms with Crippen molar-refractivity contribution in [3.63, 3.8) is 0 Å². The fraction of sp³-hybridized carbons (Fsp3) is 0.941. The molecule has 0 saturated carbocycles. The monoisotopic (exact) mass is 285 g/mol. The van der Waals surface area contributed by atoms with E-state index >= 15 is 0 Å². The van der Waals surface area contributed by atoms with Crippen LogP contribution in [0, 0.1) is 0 Å². The highest BCUT2D eigenvalue weighted by Gasteiger charge is 2.00. The molecule has 0 spiro atoms. The molecule has 0 aliphatic carbocycles. The van der Waals surface area contributed by atoms with Gasteiger partial charge in [-0.15, -0.1) is 0 Å². The molecule has 0 bridgehead atoms. The molecular weight excluding hydrogens is 250 g/mol. The molecule has 0 rings (SSSR count). The molecule has 0 radical (unpaired) electrons. The predicted octanol–water partition coefficient (Wildman–Crippen LogP) is 4.93. The number of rotatable bonds is 16. The zero-order valence-corrected chi connectivity index (χ0v) is 13.4. The number of nitrogens with two attached hydrogens (primary N) is 1. The van der Waals surface area contributed by atoms with Gasteiger partial charge in [0.15, 0.2) is 6.23 Å². The zero-order valence-electron chi connectivity index (χ0n) is 13.4. The Hall–Kier alpha value is -0.570. The molecule has 0 fully saturated rings. The SMILES string of the molecule is CCCCCCCCCCCCCCCC(N)OC=O. The van der Waals surface area contributed by atoms with Gasteiger partial charge in [-0.3, -0.25) is 10.5 Å². The van der Waals surface area contributed by atoms with Crippen LogP contribution in [0.5, 0.6) is 0 Å². The van der Waals surface area contributed by atoms with E-state index in [0.717, 1.165) is 12.8 Å². The van der Waals surface area contributed by atoms with Gasteiger partial charge in [0.2, 0.25) is 0 Å². The highest BCUT2D eigenvalue weighted by Crippen LogP contribution is 2.13. The van der Waals surface area contributed by atoms with Crippen LogP contribution in [-0.2, 0) is 9.53 Å². The fourth-order valence-corrected chi connectivity index (χ4v) is 2.50. The predicted molar refractivity (Wildman–Crippen MR) is 85.4 cm³/mol. The molecule has 3 heteroatoms. The van der Waals surface area contributed by atoms with Gasteiger partial charge in [0.1, 0.15) is 0 Å². The molecule has 0 aliphatic rings. The summed E-state index contributed by atoms with van der Waals surface area (Å²) in [6.07, 6.45) is 17.9. The third-order valence-electron chi connectivity index (χ3n) is 3.82. The van der Waals surface area contributed by atoms with Crippen molar-refractivity contribution >= 4 is 6.47 Å². The largest absolute Gasteiger partial charge is 0.449 e. The first kappa shape index (κ1) is 19.4. The van der Waals surface area contributed by atoms with E-state index in [-0.39, 0.29) is 0 Å². The Morgan fingerprint density at radius 1 is 0.800 bits per heavy atom. The minimum atomic E-state index is -0.403. The maximum absolute atomic E-state index is 10.0. The molecule has 0 aromatic rings. The van der Waals surface area contributed by atoms with Crippen molar-refractivity contribution in [2.24, 2.45) is 5.73 Å². The van der Waals surface area contributed by atoms with Gasteiger partial charge in [-0.25, -0.2) is 0 Å². The summed E-state index contributed by atoms with van der Waals surface area (Å²) < 4.78 is 4.65. The number of unbranched alkanes of at least 4 members (excludes halogenated alkanes) is 12. The van der Waals surface area contributed by atoms with Crippen LogP contribution in [0.3, 0.4) is 0 Å². The van der Waals surface area contributed by atoms with Crippen LogP contribution in [0.25, 0.3) is 0 Å². The normalized spacial score (nSPS) is 12.3. The zero-order chi connectivity index (χ0) is 14.9. The average molecular weight is 285 g/mol. The van der Waals surface area contributed by atoms with Crippen LogP contribution in [0.1, 0.15) is 96.8 Å². The molecule has 0 saturated heterocycles. The summed E-state index contributed by atoms with van der Waals surface area (Å²) in [5.41, 5.74) is 5.57. The Kier molecular flexibility index (Phi) is 16.0. The maximum atomic E-state index is 10.0. The first-order chi connectivity index (χ1) is 9.81. The number of hydrogen-bond acceptors (Lipinski definition) is 3. The minimum Gasteiger partial charge on any atom is -0.449 e. The summed E-state index contributed by atoms with van der Waals surface area (Å²) >= 11 is 0. The van der Waals surface area contributed by atoms with Gasteiger partial charge < -0.3 is 4.74 Å².